The molecule has 0 saturated heterocycles. The number of benzene rings is 1. The minimum atomic E-state index is -0.664. The SMILES string of the molecule is CCC[P+](C)(C)Cc1ccccc1.[Br-]. The van der Waals surface area contributed by atoms with E-state index in [1.54, 1.807) is 0 Å². The van der Waals surface area contributed by atoms with Gasteiger partial charge in [-0.1, -0.05) is 37.3 Å². The number of hydrogen-bond acceptors (Lipinski definition) is 0. The van der Waals surface area contributed by atoms with Gasteiger partial charge in [0.1, 0.15) is 0 Å². The van der Waals surface area contributed by atoms with Crippen molar-refractivity contribution >= 4 is 7.26 Å². The molecule has 1 aromatic rings. The lowest BCUT2D eigenvalue weighted by atomic mass is 10.2. The zero-order valence-corrected chi connectivity index (χ0v) is 11.8. The molecule has 0 spiro atoms. The van der Waals surface area contributed by atoms with Crippen LogP contribution in [0.15, 0.2) is 30.3 Å². The van der Waals surface area contributed by atoms with Crippen LogP contribution in [0.2, 0.25) is 0 Å². The molecule has 0 aromatic heterocycles. The smallest absolute Gasteiger partial charge is 0.0837 e. The van der Waals surface area contributed by atoms with Crippen molar-refractivity contribution in [1.29, 1.82) is 0 Å². The van der Waals surface area contributed by atoms with Gasteiger partial charge in [-0.2, -0.15) is 0 Å². The van der Waals surface area contributed by atoms with Crippen LogP contribution in [0.3, 0.4) is 0 Å². The molecule has 0 aliphatic rings. The van der Waals surface area contributed by atoms with Crippen LogP contribution in [0, 0.1) is 0 Å². The Kier molecular flexibility index (Phi) is 6.64. The van der Waals surface area contributed by atoms with Gasteiger partial charge in [0.2, 0.25) is 0 Å². The molecule has 0 unspecified atom stereocenters. The highest BCUT2D eigenvalue weighted by Gasteiger charge is 2.23. The second-order valence-electron chi connectivity index (χ2n) is 4.30. The van der Waals surface area contributed by atoms with Gasteiger partial charge in [0.15, 0.2) is 0 Å². The summed E-state index contributed by atoms with van der Waals surface area (Å²) in [6.07, 6.45) is 4.05. The molecular weight excluding hydrogens is 255 g/mol. The van der Waals surface area contributed by atoms with E-state index < -0.39 is 7.26 Å². The second-order valence-corrected chi connectivity index (χ2v) is 8.94. The van der Waals surface area contributed by atoms with Crippen molar-refractivity contribution in [2.24, 2.45) is 0 Å². The van der Waals surface area contributed by atoms with Crippen LogP contribution in [0.1, 0.15) is 18.9 Å². The van der Waals surface area contributed by atoms with Crippen LogP contribution in [-0.2, 0) is 6.16 Å². The van der Waals surface area contributed by atoms with Gasteiger partial charge in [-0.3, -0.25) is 0 Å². The fourth-order valence-electron chi connectivity index (χ4n) is 1.76. The summed E-state index contributed by atoms with van der Waals surface area (Å²) in [5, 5.41) is 0. The summed E-state index contributed by atoms with van der Waals surface area (Å²) in [5.41, 5.74) is 1.51. The second kappa shape index (κ2) is 6.58. The van der Waals surface area contributed by atoms with E-state index in [4.69, 9.17) is 0 Å². The first-order chi connectivity index (χ1) is 6.14. The Morgan fingerprint density at radius 3 is 2.14 bits per heavy atom. The monoisotopic (exact) mass is 274 g/mol. The van der Waals surface area contributed by atoms with E-state index in [1.807, 2.05) is 0 Å². The summed E-state index contributed by atoms with van der Waals surface area (Å²) in [5.74, 6) is 0. The highest BCUT2D eigenvalue weighted by Crippen LogP contribution is 2.54. The van der Waals surface area contributed by atoms with E-state index in [2.05, 4.69) is 50.6 Å². The molecule has 0 atom stereocenters. The molecule has 0 heterocycles. The maximum absolute atomic E-state index is 2.46. The number of rotatable bonds is 4. The van der Waals surface area contributed by atoms with E-state index in [0.29, 0.717) is 0 Å². The molecule has 2 heteroatoms. The summed E-state index contributed by atoms with van der Waals surface area (Å²) in [6, 6.07) is 10.9. The lowest BCUT2D eigenvalue weighted by Crippen LogP contribution is -3.00. The fourth-order valence-corrected chi connectivity index (χ4v) is 4.33. The molecule has 80 valence electrons. The van der Waals surface area contributed by atoms with E-state index in [1.165, 1.54) is 24.3 Å². The van der Waals surface area contributed by atoms with E-state index in [-0.39, 0.29) is 17.0 Å². The molecule has 0 aliphatic carbocycles. The Bertz CT molecular complexity index is 244. The number of halogens is 1. The van der Waals surface area contributed by atoms with Gasteiger partial charge in [-0.25, -0.2) is 0 Å². The fraction of sp³-hybridized carbons (Fsp3) is 0.500. The summed E-state index contributed by atoms with van der Waals surface area (Å²) in [4.78, 5) is 0. The lowest BCUT2D eigenvalue weighted by molar-refractivity contribution is -0.00000305. The highest BCUT2D eigenvalue weighted by molar-refractivity contribution is 7.73. The average Bonchev–Trinajstić information content (AvgIpc) is 2.04. The minimum absolute atomic E-state index is 0. The molecule has 0 N–H and O–H groups in total. The Morgan fingerprint density at radius 2 is 1.64 bits per heavy atom. The molecule has 0 fully saturated rings. The Labute approximate surface area is 99.2 Å². The first kappa shape index (κ1) is 14.1. The van der Waals surface area contributed by atoms with E-state index >= 15 is 0 Å². The molecule has 0 aliphatic heterocycles. The van der Waals surface area contributed by atoms with E-state index in [0.717, 1.165) is 0 Å². The van der Waals surface area contributed by atoms with E-state index in [9.17, 15) is 0 Å². The summed E-state index contributed by atoms with van der Waals surface area (Å²) < 4.78 is 0. The van der Waals surface area contributed by atoms with Crippen molar-refractivity contribution in [3.05, 3.63) is 35.9 Å². The summed E-state index contributed by atoms with van der Waals surface area (Å²) >= 11 is 0. The lowest BCUT2D eigenvalue weighted by Gasteiger charge is -2.17. The average molecular weight is 275 g/mol. The predicted molar refractivity (Wildman–Crippen MR) is 64.1 cm³/mol. The molecule has 0 radical (unpaired) electrons. The molecule has 0 bridgehead atoms. The Morgan fingerprint density at radius 1 is 1.07 bits per heavy atom. The van der Waals surface area contributed by atoms with Crippen molar-refractivity contribution < 1.29 is 17.0 Å². The van der Waals surface area contributed by atoms with Gasteiger partial charge in [0.25, 0.3) is 0 Å². The van der Waals surface area contributed by atoms with Crippen molar-refractivity contribution in [1.82, 2.24) is 0 Å². The molecule has 1 rings (SSSR count). The van der Waals surface area contributed by atoms with Crippen molar-refractivity contribution in [2.45, 2.75) is 19.5 Å². The van der Waals surface area contributed by atoms with Crippen LogP contribution < -0.4 is 17.0 Å². The van der Waals surface area contributed by atoms with Gasteiger partial charge in [0, 0.05) is 20.6 Å². The molecule has 0 amide bonds. The van der Waals surface area contributed by atoms with Crippen molar-refractivity contribution in [3.63, 3.8) is 0 Å². The first-order valence-electron chi connectivity index (χ1n) is 5.00. The van der Waals surface area contributed by atoms with Gasteiger partial charge < -0.3 is 17.0 Å². The van der Waals surface area contributed by atoms with Crippen LogP contribution in [0.4, 0.5) is 0 Å². The third kappa shape index (κ3) is 5.12. The third-order valence-electron chi connectivity index (χ3n) is 2.28. The minimum Gasteiger partial charge on any atom is -1.00 e. The van der Waals surface area contributed by atoms with Gasteiger partial charge in [-0.15, -0.1) is 0 Å². The van der Waals surface area contributed by atoms with Crippen LogP contribution in [-0.4, -0.2) is 19.5 Å². The van der Waals surface area contributed by atoms with Gasteiger partial charge >= 0.3 is 0 Å². The molecule has 0 nitrogen and oxygen atoms in total. The summed E-state index contributed by atoms with van der Waals surface area (Å²) in [7, 11) is -0.664. The van der Waals surface area contributed by atoms with Gasteiger partial charge in [-0.05, 0) is 12.0 Å². The highest BCUT2D eigenvalue weighted by atomic mass is 79.9. The van der Waals surface area contributed by atoms with Crippen LogP contribution >= 0.6 is 7.26 Å². The molecule has 1 aromatic carbocycles. The quantitative estimate of drug-likeness (QED) is 0.716. The predicted octanol–water partition coefficient (Wildman–Crippen LogP) is 0.878. The standard InChI is InChI=1S/C12H20P.BrH/c1-4-10-13(2,3)11-12-8-6-5-7-9-12;/h5-9H,4,10-11H2,1-3H3;1H/q+1;/p-1. The zero-order valence-electron chi connectivity index (χ0n) is 9.33. The van der Waals surface area contributed by atoms with Gasteiger partial charge in [0.05, 0.1) is 12.3 Å². The topological polar surface area (TPSA) is 0 Å². The van der Waals surface area contributed by atoms with Crippen molar-refractivity contribution in [2.75, 3.05) is 19.5 Å². The Balaban J connectivity index is 0.00000169. The first-order valence-corrected chi connectivity index (χ1v) is 8.05. The maximum atomic E-state index is 2.46. The molecular formula is C12H20BrP. The third-order valence-corrected chi connectivity index (χ3v) is 5.16. The largest absolute Gasteiger partial charge is 1.00 e. The molecule has 14 heavy (non-hydrogen) atoms. The van der Waals surface area contributed by atoms with Crippen LogP contribution in [0.25, 0.3) is 0 Å². The van der Waals surface area contributed by atoms with Crippen LogP contribution in [0.5, 0.6) is 0 Å². The zero-order chi connectivity index (χ0) is 9.73. The normalized spacial score (nSPS) is 10.8. The maximum Gasteiger partial charge on any atom is 0.0837 e. The number of hydrogen-bond donors (Lipinski definition) is 0. The Hall–Kier alpha value is 0.130. The summed E-state index contributed by atoms with van der Waals surface area (Å²) in [6.45, 7) is 7.21. The molecule has 0 saturated carbocycles. The van der Waals surface area contributed by atoms with Crippen molar-refractivity contribution in [3.8, 4) is 0 Å².